The number of H-pyrrole nitrogens is 1. The lowest BCUT2D eigenvalue weighted by Gasteiger charge is -2.16. The monoisotopic (exact) mass is 338 g/mol. The van der Waals surface area contributed by atoms with Gasteiger partial charge in [0.25, 0.3) is 0 Å². The van der Waals surface area contributed by atoms with Gasteiger partial charge in [-0.3, -0.25) is 0 Å². The van der Waals surface area contributed by atoms with Crippen molar-refractivity contribution in [2.24, 2.45) is 0 Å². The van der Waals surface area contributed by atoms with Crippen LogP contribution < -0.4 is 0 Å². The number of hydrogen-bond acceptors (Lipinski definition) is 2. The molecule has 0 saturated carbocycles. The minimum absolute atomic E-state index is 0.271. The van der Waals surface area contributed by atoms with Crippen molar-refractivity contribution in [1.82, 2.24) is 9.97 Å². The average Bonchev–Trinajstić information content (AvgIpc) is 2.38. The van der Waals surface area contributed by atoms with E-state index in [1.807, 2.05) is 0 Å². The molecule has 0 saturated heterocycles. The van der Waals surface area contributed by atoms with Crippen LogP contribution in [-0.2, 0) is 12.8 Å². The fraction of sp³-hybridized carbons (Fsp3) is 0.286. The molecule has 2 nitrogen and oxygen atoms in total. The highest BCUT2D eigenvalue weighted by Crippen LogP contribution is 2.28. The lowest BCUT2D eigenvalue weighted by Crippen LogP contribution is -2.08. The molecule has 1 N–H and O–H groups in total. The van der Waals surface area contributed by atoms with Crippen molar-refractivity contribution in [1.29, 1.82) is 0 Å². The van der Waals surface area contributed by atoms with Crippen LogP contribution in [0.2, 0.25) is 0 Å². The summed E-state index contributed by atoms with van der Waals surface area (Å²) in [5.74, 6) is 0.435. The Morgan fingerprint density at radius 2 is 2.05 bits per heavy atom. The summed E-state index contributed by atoms with van der Waals surface area (Å²) in [6.07, 6.45) is 4.36. The van der Waals surface area contributed by atoms with Crippen LogP contribution in [0.5, 0.6) is 0 Å². The van der Waals surface area contributed by atoms with Crippen molar-refractivity contribution in [3.05, 3.63) is 44.4 Å². The van der Waals surface area contributed by atoms with Crippen LogP contribution in [0, 0.1) is 10.5 Å². The second-order valence-electron chi connectivity index (χ2n) is 4.68. The normalized spacial score (nSPS) is 14.2. The zero-order valence-corrected chi connectivity index (χ0v) is 12.6. The minimum atomic E-state index is -0.271. The summed E-state index contributed by atoms with van der Waals surface area (Å²) in [7, 11) is 0. The van der Waals surface area contributed by atoms with Gasteiger partial charge in [-0.05, 0) is 59.8 Å². The Balaban J connectivity index is 2.15. The quantitative estimate of drug-likeness (QED) is 0.770. The molecule has 98 valence electrons. The molecule has 0 spiro atoms. The lowest BCUT2D eigenvalue weighted by atomic mass is 9.97. The average molecular weight is 339 g/mol. The van der Waals surface area contributed by atoms with Gasteiger partial charge in [-0.2, -0.15) is 0 Å². The van der Waals surface area contributed by atoms with Gasteiger partial charge < -0.3 is 4.98 Å². The van der Waals surface area contributed by atoms with Crippen LogP contribution in [0.3, 0.4) is 0 Å². The summed E-state index contributed by atoms with van der Waals surface area (Å²) in [4.78, 5) is 7.81. The zero-order valence-electron chi connectivity index (χ0n) is 10.2. The molecule has 1 aliphatic rings. The van der Waals surface area contributed by atoms with E-state index in [0.717, 1.165) is 18.4 Å². The van der Waals surface area contributed by atoms with E-state index in [0.29, 0.717) is 14.9 Å². The molecule has 1 aliphatic carbocycles. The van der Waals surface area contributed by atoms with Crippen LogP contribution in [0.15, 0.2) is 22.7 Å². The summed E-state index contributed by atoms with van der Waals surface area (Å²) in [5.41, 5.74) is 3.18. The van der Waals surface area contributed by atoms with E-state index in [9.17, 15) is 4.39 Å². The first kappa shape index (κ1) is 12.9. The molecule has 3 rings (SSSR count). The fourth-order valence-corrected chi connectivity index (χ4v) is 3.28. The molecule has 1 aromatic carbocycles. The predicted molar refractivity (Wildman–Crippen MR) is 79.2 cm³/mol. The second kappa shape index (κ2) is 5.13. The highest BCUT2D eigenvalue weighted by Gasteiger charge is 2.15. The van der Waals surface area contributed by atoms with E-state index in [4.69, 9.17) is 12.2 Å². The zero-order chi connectivity index (χ0) is 13.4. The number of aromatic nitrogens is 2. The molecule has 5 heteroatoms. The number of benzene rings is 1. The molecule has 0 radical (unpaired) electrons. The number of hydrogen-bond donors (Lipinski definition) is 1. The van der Waals surface area contributed by atoms with Crippen molar-refractivity contribution in [2.75, 3.05) is 0 Å². The predicted octanol–water partition coefficient (Wildman–Crippen LogP) is 4.59. The van der Waals surface area contributed by atoms with Gasteiger partial charge in [0.05, 0.1) is 0 Å². The van der Waals surface area contributed by atoms with Crippen molar-refractivity contribution in [3.63, 3.8) is 0 Å². The number of aryl methyl sites for hydroxylation is 1. The summed E-state index contributed by atoms with van der Waals surface area (Å²) in [5, 5.41) is 0. The van der Waals surface area contributed by atoms with Gasteiger partial charge in [-0.1, -0.05) is 12.2 Å². The van der Waals surface area contributed by atoms with Crippen LogP contribution in [-0.4, -0.2) is 9.97 Å². The molecule has 0 aliphatic heterocycles. The third-order valence-electron chi connectivity index (χ3n) is 3.39. The van der Waals surface area contributed by atoms with E-state index >= 15 is 0 Å². The number of halogens is 2. The molecule has 0 fully saturated rings. The first-order chi connectivity index (χ1) is 9.15. The van der Waals surface area contributed by atoms with Gasteiger partial charge in [-0.15, -0.1) is 0 Å². The van der Waals surface area contributed by atoms with Gasteiger partial charge >= 0.3 is 0 Å². The topological polar surface area (TPSA) is 28.7 Å². The first-order valence-corrected chi connectivity index (χ1v) is 7.43. The Hall–Kier alpha value is -1.07. The van der Waals surface area contributed by atoms with Gasteiger partial charge in [0.1, 0.15) is 16.3 Å². The highest BCUT2D eigenvalue weighted by molar-refractivity contribution is 9.10. The molecule has 19 heavy (non-hydrogen) atoms. The second-order valence-corrected chi connectivity index (χ2v) is 5.92. The molecule has 0 amide bonds. The van der Waals surface area contributed by atoms with Crippen molar-refractivity contribution < 1.29 is 4.39 Å². The molecule has 1 heterocycles. The summed E-state index contributed by atoms with van der Waals surface area (Å²) >= 11 is 8.75. The summed E-state index contributed by atoms with van der Waals surface area (Å²) < 4.78 is 14.5. The number of aromatic amines is 1. The first-order valence-electron chi connectivity index (χ1n) is 6.22. The van der Waals surface area contributed by atoms with Gasteiger partial charge in [0.15, 0.2) is 0 Å². The largest absolute Gasteiger partial charge is 0.343 e. The number of fused-ring (bicyclic) bond motifs is 1. The SMILES string of the molecule is Fc1ccc(-c2nc(=S)c3c([nH]2)CCCC3)c(Br)c1. The smallest absolute Gasteiger partial charge is 0.140 e. The maximum absolute atomic E-state index is 13.1. The fourth-order valence-electron chi connectivity index (χ4n) is 2.43. The molecular formula is C14H12BrFN2S. The van der Waals surface area contributed by atoms with Crippen molar-refractivity contribution >= 4 is 28.1 Å². The van der Waals surface area contributed by atoms with Gasteiger partial charge in [0, 0.05) is 21.3 Å². The third kappa shape index (κ3) is 2.49. The van der Waals surface area contributed by atoms with Crippen LogP contribution in [0.25, 0.3) is 11.4 Å². The van der Waals surface area contributed by atoms with E-state index in [1.165, 1.54) is 36.2 Å². The van der Waals surface area contributed by atoms with Crippen LogP contribution in [0.4, 0.5) is 4.39 Å². The van der Waals surface area contributed by atoms with Crippen molar-refractivity contribution in [3.8, 4) is 11.4 Å². The Morgan fingerprint density at radius 1 is 1.26 bits per heavy atom. The Bertz CT molecular complexity index is 696. The van der Waals surface area contributed by atoms with E-state index in [-0.39, 0.29) is 5.82 Å². The van der Waals surface area contributed by atoms with E-state index in [1.54, 1.807) is 6.07 Å². The standard InChI is InChI=1S/C14H12BrFN2S/c15-11-7-8(16)5-6-9(11)13-17-12-4-2-1-3-10(12)14(19)18-13/h5-7H,1-4H2,(H,17,18,19). The molecule has 0 unspecified atom stereocenters. The van der Waals surface area contributed by atoms with Gasteiger partial charge in [0.2, 0.25) is 0 Å². The Morgan fingerprint density at radius 3 is 2.84 bits per heavy atom. The van der Waals surface area contributed by atoms with Gasteiger partial charge in [-0.25, -0.2) is 9.37 Å². The van der Waals surface area contributed by atoms with Crippen molar-refractivity contribution in [2.45, 2.75) is 25.7 Å². The minimum Gasteiger partial charge on any atom is -0.343 e. The van der Waals surface area contributed by atoms with E-state index < -0.39 is 0 Å². The van der Waals surface area contributed by atoms with Crippen LogP contribution >= 0.6 is 28.1 Å². The summed E-state index contributed by atoms with van der Waals surface area (Å²) in [6.45, 7) is 0. The van der Waals surface area contributed by atoms with Crippen LogP contribution in [0.1, 0.15) is 24.1 Å². The number of nitrogens with one attached hydrogen (secondary N) is 1. The molecule has 2 aromatic rings. The molecule has 0 atom stereocenters. The highest BCUT2D eigenvalue weighted by atomic mass is 79.9. The Kier molecular flexibility index (Phi) is 3.50. The summed E-state index contributed by atoms with van der Waals surface area (Å²) in [6, 6.07) is 4.58. The lowest BCUT2D eigenvalue weighted by molar-refractivity contribution is 0.627. The number of nitrogens with zero attached hydrogens (tertiary/aromatic N) is 1. The Labute approximate surface area is 124 Å². The third-order valence-corrected chi connectivity index (χ3v) is 4.39. The maximum Gasteiger partial charge on any atom is 0.140 e. The molecule has 1 aromatic heterocycles. The maximum atomic E-state index is 13.1. The molecular weight excluding hydrogens is 327 g/mol. The molecule has 0 bridgehead atoms. The van der Waals surface area contributed by atoms with E-state index in [2.05, 4.69) is 25.9 Å². The number of rotatable bonds is 1.